The van der Waals surface area contributed by atoms with E-state index in [-0.39, 0.29) is 11.8 Å². The molecule has 5 nitrogen and oxygen atoms in total. The summed E-state index contributed by atoms with van der Waals surface area (Å²) < 4.78 is 0. The first kappa shape index (κ1) is 20.6. The molecule has 0 radical (unpaired) electrons. The maximum Gasteiger partial charge on any atom is 0.271 e. The molecule has 0 heterocycles. The number of hydrazone groups is 1. The molecule has 0 saturated heterocycles. The van der Waals surface area contributed by atoms with Gasteiger partial charge in [-0.15, -0.1) is 0 Å². The number of benzene rings is 3. The highest BCUT2D eigenvalue weighted by Gasteiger charge is 2.08. The summed E-state index contributed by atoms with van der Waals surface area (Å²) in [4.78, 5) is 24.5. The smallest absolute Gasteiger partial charge is 0.271 e. The zero-order chi connectivity index (χ0) is 20.8. The van der Waals surface area contributed by atoms with Crippen LogP contribution in [0.3, 0.4) is 0 Å². The van der Waals surface area contributed by atoms with Crippen LogP contribution < -0.4 is 10.7 Å². The predicted octanol–water partition coefficient (Wildman–Crippen LogP) is 5.32. The van der Waals surface area contributed by atoms with Gasteiger partial charge in [0.2, 0.25) is 0 Å². The van der Waals surface area contributed by atoms with Crippen molar-refractivity contribution in [3.63, 3.8) is 0 Å². The molecular weight excluding hydrogens is 409 g/mol. The van der Waals surface area contributed by atoms with Crippen molar-refractivity contribution >= 4 is 46.9 Å². The monoisotopic (exact) mass is 425 g/mol. The molecule has 0 aliphatic rings. The number of carbonyl (C=O) groups excluding carboxylic acids is 2. The van der Waals surface area contributed by atoms with Crippen LogP contribution in [0.25, 0.3) is 0 Å². The standard InChI is InChI=1S/C22H17Cl2N3O2/c1-14-3-2-4-16(11-14)21(28)26-19-9-6-15(7-10-19)22(29)27-25-13-17-5-8-18(23)12-20(17)24/h2-13H,1H3,(H,26,28)(H,27,29)/b25-13-. The lowest BCUT2D eigenvalue weighted by molar-refractivity contribution is 0.0954. The first-order valence-electron chi connectivity index (χ1n) is 8.69. The van der Waals surface area contributed by atoms with Crippen LogP contribution in [-0.2, 0) is 0 Å². The van der Waals surface area contributed by atoms with E-state index < -0.39 is 0 Å². The summed E-state index contributed by atoms with van der Waals surface area (Å²) in [5.41, 5.74) is 5.63. The molecule has 146 valence electrons. The van der Waals surface area contributed by atoms with Crippen molar-refractivity contribution < 1.29 is 9.59 Å². The number of anilines is 1. The Morgan fingerprint density at radius 2 is 1.66 bits per heavy atom. The molecule has 2 N–H and O–H groups in total. The molecule has 0 aromatic heterocycles. The van der Waals surface area contributed by atoms with Gasteiger partial charge < -0.3 is 5.32 Å². The van der Waals surface area contributed by atoms with E-state index >= 15 is 0 Å². The molecule has 7 heteroatoms. The summed E-state index contributed by atoms with van der Waals surface area (Å²) in [6.45, 7) is 1.92. The second-order valence-electron chi connectivity index (χ2n) is 6.27. The topological polar surface area (TPSA) is 70.6 Å². The first-order valence-corrected chi connectivity index (χ1v) is 9.44. The number of hydrogen-bond acceptors (Lipinski definition) is 3. The molecule has 0 aliphatic heterocycles. The van der Waals surface area contributed by atoms with E-state index in [1.165, 1.54) is 6.21 Å². The zero-order valence-corrected chi connectivity index (χ0v) is 17.0. The fraction of sp³-hybridized carbons (Fsp3) is 0.0455. The van der Waals surface area contributed by atoms with Gasteiger partial charge in [0, 0.05) is 27.4 Å². The molecule has 0 unspecified atom stereocenters. The normalized spacial score (nSPS) is 10.7. The van der Waals surface area contributed by atoms with Gasteiger partial charge in [0.1, 0.15) is 0 Å². The number of aryl methyl sites for hydroxylation is 1. The highest BCUT2D eigenvalue weighted by molar-refractivity contribution is 6.36. The minimum Gasteiger partial charge on any atom is -0.322 e. The van der Waals surface area contributed by atoms with Gasteiger partial charge in [-0.2, -0.15) is 5.10 Å². The fourth-order valence-electron chi connectivity index (χ4n) is 2.53. The second-order valence-corrected chi connectivity index (χ2v) is 7.11. The van der Waals surface area contributed by atoms with Gasteiger partial charge in [-0.05, 0) is 55.5 Å². The molecular formula is C22H17Cl2N3O2. The Morgan fingerprint density at radius 3 is 2.34 bits per heavy atom. The van der Waals surface area contributed by atoms with Crippen molar-refractivity contribution in [2.24, 2.45) is 5.10 Å². The van der Waals surface area contributed by atoms with Crippen LogP contribution in [0, 0.1) is 6.92 Å². The van der Waals surface area contributed by atoms with Gasteiger partial charge in [-0.25, -0.2) is 5.43 Å². The highest BCUT2D eigenvalue weighted by Crippen LogP contribution is 2.19. The van der Waals surface area contributed by atoms with Crippen molar-refractivity contribution in [3.05, 3.63) is 99.0 Å². The number of rotatable bonds is 5. The van der Waals surface area contributed by atoms with E-state index in [0.717, 1.165) is 5.56 Å². The maximum atomic E-state index is 12.3. The molecule has 0 aliphatic carbocycles. The van der Waals surface area contributed by atoms with Crippen molar-refractivity contribution in [2.75, 3.05) is 5.32 Å². The van der Waals surface area contributed by atoms with Crippen molar-refractivity contribution in [1.29, 1.82) is 0 Å². The molecule has 3 aromatic rings. The number of halogens is 2. The lowest BCUT2D eigenvalue weighted by Crippen LogP contribution is -2.18. The maximum absolute atomic E-state index is 12.3. The SMILES string of the molecule is Cc1cccc(C(=O)Nc2ccc(C(=O)N/N=C\c3ccc(Cl)cc3Cl)cc2)c1. The number of carbonyl (C=O) groups is 2. The Balaban J connectivity index is 1.59. The zero-order valence-electron chi connectivity index (χ0n) is 15.4. The van der Waals surface area contributed by atoms with E-state index in [4.69, 9.17) is 23.2 Å². The van der Waals surface area contributed by atoms with Crippen molar-refractivity contribution in [2.45, 2.75) is 6.92 Å². The van der Waals surface area contributed by atoms with Crippen LogP contribution in [-0.4, -0.2) is 18.0 Å². The highest BCUT2D eigenvalue weighted by atomic mass is 35.5. The molecule has 29 heavy (non-hydrogen) atoms. The molecule has 0 fully saturated rings. The molecule has 3 aromatic carbocycles. The third-order valence-corrected chi connectivity index (χ3v) is 4.58. The summed E-state index contributed by atoms with van der Waals surface area (Å²) in [5.74, 6) is -0.599. The van der Waals surface area contributed by atoms with E-state index in [2.05, 4.69) is 15.8 Å². The fourth-order valence-corrected chi connectivity index (χ4v) is 2.98. The molecule has 0 saturated carbocycles. The number of nitrogens with zero attached hydrogens (tertiary/aromatic N) is 1. The minimum atomic E-state index is -0.386. The van der Waals surface area contributed by atoms with Gasteiger partial charge in [-0.3, -0.25) is 9.59 Å². The third kappa shape index (κ3) is 5.67. The predicted molar refractivity (Wildman–Crippen MR) is 117 cm³/mol. The molecule has 3 rings (SSSR count). The number of nitrogens with one attached hydrogen (secondary N) is 2. The average molecular weight is 426 g/mol. The second kappa shape index (κ2) is 9.37. The average Bonchev–Trinajstić information content (AvgIpc) is 2.70. The van der Waals surface area contributed by atoms with Gasteiger partial charge >= 0.3 is 0 Å². The summed E-state index contributed by atoms with van der Waals surface area (Å²) in [6, 6.07) is 18.8. The largest absolute Gasteiger partial charge is 0.322 e. The van der Waals surface area contributed by atoms with Gasteiger partial charge in [-0.1, -0.05) is 47.0 Å². The Labute approximate surface area is 178 Å². The number of amides is 2. The lowest BCUT2D eigenvalue weighted by atomic mass is 10.1. The quantitative estimate of drug-likeness (QED) is 0.428. The lowest BCUT2D eigenvalue weighted by Gasteiger charge is -2.07. The van der Waals surface area contributed by atoms with Crippen molar-refractivity contribution in [3.8, 4) is 0 Å². The van der Waals surface area contributed by atoms with E-state index in [0.29, 0.717) is 32.4 Å². The van der Waals surface area contributed by atoms with E-state index in [1.54, 1.807) is 48.5 Å². The molecule has 0 bridgehead atoms. The Morgan fingerprint density at radius 1 is 0.897 bits per heavy atom. The first-order chi connectivity index (χ1) is 13.9. The van der Waals surface area contributed by atoms with E-state index in [1.807, 2.05) is 25.1 Å². The van der Waals surface area contributed by atoms with Crippen LogP contribution in [0.15, 0.2) is 71.8 Å². The third-order valence-electron chi connectivity index (χ3n) is 4.02. The summed E-state index contributed by atoms with van der Waals surface area (Å²) in [7, 11) is 0. The van der Waals surface area contributed by atoms with Crippen LogP contribution in [0.5, 0.6) is 0 Å². The Hall–Kier alpha value is -3.15. The van der Waals surface area contributed by atoms with Crippen LogP contribution in [0.2, 0.25) is 10.0 Å². The van der Waals surface area contributed by atoms with Gasteiger partial charge in [0.15, 0.2) is 0 Å². The van der Waals surface area contributed by atoms with Gasteiger partial charge in [0.25, 0.3) is 11.8 Å². The summed E-state index contributed by atoms with van der Waals surface area (Å²) in [5, 5.41) is 7.66. The molecule has 2 amide bonds. The molecule has 0 spiro atoms. The van der Waals surface area contributed by atoms with Crippen LogP contribution in [0.4, 0.5) is 5.69 Å². The molecule has 0 atom stereocenters. The Kier molecular flexibility index (Phi) is 6.65. The van der Waals surface area contributed by atoms with Crippen molar-refractivity contribution in [1.82, 2.24) is 5.43 Å². The number of hydrogen-bond donors (Lipinski definition) is 2. The summed E-state index contributed by atoms with van der Waals surface area (Å²) in [6.07, 6.45) is 1.44. The van der Waals surface area contributed by atoms with Crippen LogP contribution >= 0.6 is 23.2 Å². The minimum absolute atomic E-state index is 0.213. The van der Waals surface area contributed by atoms with Gasteiger partial charge in [0.05, 0.1) is 11.2 Å². The summed E-state index contributed by atoms with van der Waals surface area (Å²) >= 11 is 11.9. The Bertz CT molecular complexity index is 1080. The van der Waals surface area contributed by atoms with E-state index in [9.17, 15) is 9.59 Å². The van der Waals surface area contributed by atoms with Crippen LogP contribution in [0.1, 0.15) is 31.8 Å².